The van der Waals surface area contributed by atoms with E-state index in [4.69, 9.17) is 23.2 Å². The van der Waals surface area contributed by atoms with Crippen molar-refractivity contribution < 1.29 is 8.42 Å². The summed E-state index contributed by atoms with van der Waals surface area (Å²) in [6.45, 7) is 2.45. The topological polar surface area (TPSA) is 50.3 Å². The summed E-state index contributed by atoms with van der Waals surface area (Å²) in [7, 11) is -3.55. The average Bonchev–Trinajstić information content (AvgIpc) is 2.95. The standard InChI is InChI=1S/C10H10Cl2N2O2S3/c1-2-14(6-7-3-4-8(11)17-7)19(15,16)9-5-13-10(12)18-9/h3-5H,2,6H2,1H3. The lowest BCUT2D eigenvalue weighted by atomic mass is 10.4. The van der Waals surface area contributed by atoms with Gasteiger partial charge in [0, 0.05) is 18.0 Å². The van der Waals surface area contributed by atoms with Crippen molar-refractivity contribution in [2.24, 2.45) is 0 Å². The normalized spacial score (nSPS) is 12.2. The summed E-state index contributed by atoms with van der Waals surface area (Å²) < 4.78 is 27.2. The number of rotatable bonds is 5. The maximum absolute atomic E-state index is 12.4. The molecule has 0 bridgehead atoms. The van der Waals surface area contributed by atoms with Crippen molar-refractivity contribution >= 4 is 55.9 Å². The van der Waals surface area contributed by atoms with Gasteiger partial charge in [-0.15, -0.1) is 11.3 Å². The summed E-state index contributed by atoms with van der Waals surface area (Å²) in [6.07, 6.45) is 1.28. The van der Waals surface area contributed by atoms with Crippen LogP contribution in [0, 0.1) is 0 Å². The van der Waals surface area contributed by atoms with E-state index in [-0.39, 0.29) is 8.68 Å². The Morgan fingerprint density at radius 1 is 1.32 bits per heavy atom. The van der Waals surface area contributed by atoms with E-state index >= 15 is 0 Å². The van der Waals surface area contributed by atoms with Gasteiger partial charge in [-0.25, -0.2) is 13.4 Å². The molecule has 0 saturated carbocycles. The summed E-state index contributed by atoms with van der Waals surface area (Å²) >= 11 is 13.9. The van der Waals surface area contributed by atoms with Gasteiger partial charge in [0.2, 0.25) is 0 Å². The predicted octanol–water partition coefficient (Wildman–Crippen LogP) is 3.72. The van der Waals surface area contributed by atoms with Gasteiger partial charge in [-0.2, -0.15) is 4.31 Å². The van der Waals surface area contributed by atoms with E-state index in [0.717, 1.165) is 16.2 Å². The van der Waals surface area contributed by atoms with Crippen LogP contribution in [0.15, 0.2) is 22.5 Å². The highest BCUT2D eigenvalue weighted by atomic mass is 35.5. The Morgan fingerprint density at radius 2 is 2.05 bits per heavy atom. The van der Waals surface area contributed by atoms with Gasteiger partial charge in [0.1, 0.15) is 0 Å². The molecule has 0 saturated heterocycles. The second-order valence-corrected chi connectivity index (χ2v) is 9.15. The van der Waals surface area contributed by atoms with E-state index in [1.807, 2.05) is 6.07 Å². The largest absolute Gasteiger partial charge is 0.254 e. The number of sulfonamides is 1. The second-order valence-electron chi connectivity index (χ2n) is 3.57. The smallest absolute Gasteiger partial charge is 0.232 e. The van der Waals surface area contributed by atoms with E-state index < -0.39 is 10.0 Å². The van der Waals surface area contributed by atoms with Gasteiger partial charge < -0.3 is 0 Å². The molecule has 2 aromatic heterocycles. The molecule has 19 heavy (non-hydrogen) atoms. The van der Waals surface area contributed by atoms with Crippen LogP contribution in [-0.2, 0) is 16.6 Å². The third kappa shape index (κ3) is 3.48. The third-order valence-corrected chi connectivity index (χ3v) is 7.05. The quantitative estimate of drug-likeness (QED) is 0.819. The monoisotopic (exact) mass is 356 g/mol. The molecule has 2 heterocycles. The number of halogens is 2. The van der Waals surface area contributed by atoms with Gasteiger partial charge in [0.25, 0.3) is 10.0 Å². The van der Waals surface area contributed by atoms with Crippen molar-refractivity contribution in [1.29, 1.82) is 0 Å². The number of hydrogen-bond acceptors (Lipinski definition) is 5. The van der Waals surface area contributed by atoms with Crippen LogP contribution in [0.4, 0.5) is 0 Å². The summed E-state index contributed by atoms with van der Waals surface area (Å²) in [6, 6.07) is 3.58. The first-order chi connectivity index (χ1) is 8.93. The summed E-state index contributed by atoms with van der Waals surface area (Å²) in [5.41, 5.74) is 0. The van der Waals surface area contributed by atoms with Gasteiger partial charge in [0.15, 0.2) is 8.68 Å². The van der Waals surface area contributed by atoms with Crippen LogP contribution in [0.3, 0.4) is 0 Å². The first kappa shape index (κ1) is 15.2. The Bertz CT molecular complexity index is 666. The molecular weight excluding hydrogens is 347 g/mol. The summed E-state index contributed by atoms with van der Waals surface area (Å²) in [5, 5.41) is 0. The van der Waals surface area contributed by atoms with Crippen LogP contribution >= 0.6 is 45.9 Å². The lowest BCUT2D eigenvalue weighted by molar-refractivity contribution is 0.427. The molecule has 0 aliphatic carbocycles. The molecule has 0 amide bonds. The number of aromatic nitrogens is 1. The van der Waals surface area contributed by atoms with Crippen molar-refractivity contribution in [3.8, 4) is 0 Å². The van der Waals surface area contributed by atoms with Gasteiger partial charge >= 0.3 is 0 Å². The van der Waals surface area contributed by atoms with E-state index in [9.17, 15) is 8.42 Å². The zero-order chi connectivity index (χ0) is 14.0. The minimum absolute atomic E-state index is 0.155. The van der Waals surface area contributed by atoms with Crippen LogP contribution in [-0.4, -0.2) is 24.3 Å². The Hall–Kier alpha value is -0.180. The van der Waals surface area contributed by atoms with Gasteiger partial charge in [-0.1, -0.05) is 41.5 Å². The molecule has 0 unspecified atom stereocenters. The minimum atomic E-state index is -3.55. The molecule has 0 radical (unpaired) electrons. The first-order valence-corrected chi connectivity index (χ1v) is 9.12. The first-order valence-electron chi connectivity index (χ1n) is 5.29. The highest BCUT2D eigenvalue weighted by Gasteiger charge is 2.26. The second kappa shape index (κ2) is 6.07. The lowest BCUT2D eigenvalue weighted by Crippen LogP contribution is -2.29. The predicted molar refractivity (Wildman–Crippen MR) is 79.7 cm³/mol. The molecule has 0 aliphatic heterocycles. The average molecular weight is 357 g/mol. The maximum atomic E-state index is 12.4. The summed E-state index contributed by atoms with van der Waals surface area (Å²) in [4.78, 5) is 4.66. The molecule has 0 fully saturated rings. The van der Waals surface area contributed by atoms with Gasteiger partial charge in [-0.3, -0.25) is 0 Å². The van der Waals surface area contributed by atoms with Crippen LogP contribution in [0.5, 0.6) is 0 Å². The summed E-state index contributed by atoms with van der Waals surface area (Å²) in [5.74, 6) is 0. The zero-order valence-corrected chi connectivity index (χ0v) is 13.8. The molecule has 2 aromatic rings. The number of thiazole rings is 1. The molecule has 0 atom stereocenters. The third-order valence-electron chi connectivity index (χ3n) is 2.36. The fourth-order valence-corrected chi connectivity index (χ4v) is 5.52. The maximum Gasteiger partial charge on any atom is 0.254 e. The van der Waals surface area contributed by atoms with E-state index in [1.165, 1.54) is 21.8 Å². The Labute approximate surface area is 129 Å². The molecule has 0 spiro atoms. The Kier molecular flexibility index (Phi) is 4.86. The zero-order valence-electron chi connectivity index (χ0n) is 9.84. The van der Waals surface area contributed by atoms with Crippen LogP contribution in [0.1, 0.15) is 11.8 Å². The van der Waals surface area contributed by atoms with Gasteiger partial charge in [0.05, 0.1) is 10.5 Å². The van der Waals surface area contributed by atoms with Crippen LogP contribution in [0.2, 0.25) is 8.80 Å². The number of hydrogen-bond donors (Lipinski definition) is 0. The molecule has 2 rings (SSSR count). The molecule has 9 heteroatoms. The van der Waals surface area contributed by atoms with Crippen LogP contribution in [0.25, 0.3) is 0 Å². The molecule has 104 valence electrons. The van der Waals surface area contributed by atoms with Crippen molar-refractivity contribution in [3.05, 3.63) is 32.0 Å². The van der Waals surface area contributed by atoms with Crippen molar-refractivity contribution in [2.45, 2.75) is 17.7 Å². The van der Waals surface area contributed by atoms with Crippen molar-refractivity contribution in [1.82, 2.24) is 9.29 Å². The Balaban J connectivity index is 2.26. The fraction of sp³-hybridized carbons (Fsp3) is 0.300. The van der Waals surface area contributed by atoms with E-state index in [1.54, 1.807) is 13.0 Å². The van der Waals surface area contributed by atoms with E-state index in [2.05, 4.69) is 4.98 Å². The molecule has 0 N–H and O–H groups in total. The van der Waals surface area contributed by atoms with Gasteiger partial charge in [-0.05, 0) is 12.1 Å². The lowest BCUT2D eigenvalue weighted by Gasteiger charge is -2.18. The highest BCUT2D eigenvalue weighted by molar-refractivity contribution is 7.91. The van der Waals surface area contributed by atoms with Crippen molar-refractivity contribution in [3.63, 3.8) is 0 Å². The number of thiophene rings is 1. The Morgan fingerprint density at radius 3 is 2.53 bits per heavy atom. The molecule has 4 nitrogen and oxygen atoms in total. The fourth-order valence-electron chi connectivity index (χ4n) is 1.46. The molecule has 0 aliphatic rings. The molecule has 0 aromatic carbocycles. The molecular formula is C10H10Cl2N2O2S3. The van der Waals surface area contributed by atoms with E-state index in [0.29, 0.717) is 17.4 Å². The minimum Gasteiger partial charge on any atom is -0.232 e. The SMILES string of the molecule is CCN(Cc1ccc(Cl)s1)S(=O)(=O)c1cnc(Cl)s1. The van der Waals surface area contributed by atoms with Crippen LogP contribution < -0.4 is 0 Å². The number of nitrogens with zero attached hydrogens (tertiary/aromatic N) is 2. The van der Waals surface area contributed by atoms with Crippen molar-refractivity contribution in [2.75, 3.05) is 6.54 Å². The highest BCUT2D eigenvalue weighted by Crippen LogP contribution is 2.28.